The number of rotatable bonds is 7. The van der Waals surface area contributed by atoms with Gasteiger partial charge < -0.3 is 15.7 Å². The van der Waals surface area contributed by atoms with Gasteiger partial charge in [0, 0.05) is 6.54 Å². The molecule has 6 nitrogen and oxygen atoms in total. The number of hydrogen-bond donors (Lipinski definition) is 3. The number of amides is 2. The standard InChI is InChI=1S/C15H19N3O3/c1-2-3-7-13(14(19)20)18-15(21)17-10-12-6-4-5-11(8-12)9-16/h4-6,8,13H,2-3,7,10H2,1H3,(H,19,20)(H2,17,18,21). The first-order valence-corrected chi connectivity index (χ1v) is 6.83. The lowest BCUT2D eigenvalue weighted by atomic mass is 10.1. The average molecular weight is 289 g/mol. The van der Waals surface area contributed by atoms with Crippen LogP contribution < -0.4 is 10.6 Å². The zero-order valence-corrected chi connectivity index (χ0v) is 11.9. The Balaban J connectivity index is 2.48. The summed E-state index contributed by atoms with van der Waals surface area (Å²) in [5, 5.41) is 22.8. The van der Waals surface area contributed by atoms with Crippen LogP contribution >= 0.6 is 0 Å². The largest absolute Gasteiger partial charge is 0.480 e. The predicted molar refractivity (Wildman–Crippen MR) is 77.5 cm³/mol. The van der Waals surface area contributed by atoms with Gasteiger partial charge >= 0.3 is 12.0 Å². The van der Waals surface area contributed by atoms with E-state index in [0.29, 0.717) is 12.0 Å². The van der Waals surface area contributed by atoms with Crippen molar-refractivity contribution in [3.63, 3.8) is 0 Å². The van der Waals surface area contributed by atoms with Crippen LogP contribution in [0.1, 0.15) is 37.3 Å². The van der Waals surface area contributed by atoms with Crippen LogP contribution in [-0.2, 0) is 11.3 Å². The van der Waals surface area contributed by atoms with E-state index in [1.807, 2.05) is 13.0 Å². The molecule has 0 fully saturated rings. The van der Waals surface area contributed by atoms with E-state index in [1.54, 1.807) is 24.3 Å². The molecule has 2 amide bonds. The maximum Gasteiger partial charge on any atom is 0.326 e. The van der Waals surface area contributed by atoms with Gasteiger partial charge in [-0.1, -0.05) is 31.9 Å². The maximum atomic E-state index is 11.7. The number of nitrogens with one attached hydrogen (secondary N) is 2. The van der Waals surface area contributed by atoms with E-state index < -0.39 is 18.0 Å². The van der Waals surface area contributed by atoms with Gasteiger partial charge in [0.2, 0.25) is 0 Å². The molecule has 0 saturated heterocycles. The number of nitrogens with zero attached hydrogens (tertiary/aromatic N) is 1. The average Bonchev–Trinajstić information content (AvgIpc) is 2.49. The summed E-state index contributed by atoms with van der Waals surface area (Å²) in [5.41, 5.74) is 1.30. The number of nitriles is 1. The number of unbranched alkanes of at least 4 members (excludes halogenated alkanes) is 1. The van der Waals surface area contributed by atoms with Gasteiger partial charge in [-0.05, 0) is 24.1 Å². The third-order valence-electron chi connectivity index (χ3n) is 2.96. The number of benzene rings is 1. The highest BCUT2D eigenvalue weighted by Gasteiger charge is 2.18. The van der Waals surface area contributed by atoms with E-state index in [1.165, 1.54) is 0 Å². The molecule has 0 aliphatic rings. The topological polar surface area (TPSA) is 102 Å². The van der Waals surface area contributed by atoms with Crippen LogP contribution in [0.4, 0.5) is 4.79 Å². The summed E-state index contributed by atoms with van der Waals surface area (Å²) in [7, 11) is 0. The highest BCUT2D eigenvalue weighted by molar-refractivity contribution is 5.82. The third kappa shape index (κ3) is 5.95. The summed E-state index contributed by atoms with van der Waals surface area (Å²) in [6.07, 6.45) is 2.01. The lowest BCUT2D eigenvalue weighted by Crippen LogP contribution is -2.45. The van der Waals surface area contributed by atoms with Gasteiger partial charge in [-0.2, -0.15) is 5.26 Å². The molecule has 0 aromatic heterocycles. The fourth-order valence-electron chi connectivity index (χ4n) is 1.81. The number of carboxylic acids is 1. The van der Waals surface area contributed by atoms with Crippen molar-refractivity contribution in [1.82, 2.24) is 10.6 Å². The first kappa shape index (κ1) is 16.5. The first-order valence-electron chi connectivity index (χ1n) is 6.83. The van der Waals surface area contributed by atoms with Crippen molar-refractivity contribution in [2.75, 3.05) is 0 Å². The van der Waals surface area contributed by atoms with E-state index in [-0.39, 0.29) is 6.54 Å². The molecule has 0 radical (unpaired) electrons. The minimum atomic E-state index is -1.04. The zero-order chi connectivity index (χ0) is 15.7. The quantitative estimate of drug-likeness (QED) is 0.714. The SMILES string of the molecule is CCCCC(NC(=O)NCc1cccc(C#N)c1)C(=O)O. The Hall–Kier alpha value is -2.55. The molecule has 0 saturated carbocycles. The molecular weight excluding hydrogens is 270 g/mol. The molecule has 6 heteroatoms. The van der Waals surface area contributed by atoms with Crippen LogP contribution in [0, 0.1) is 11.3 Å². The van der Waals surface area contributed by atoms with Crippen LogP contribution in [0.5, 0.6) is 0 Å². The van der Waals surface area contributed by atoms with E-state index in [9.17, 15) is 9.59 Å². The van der Waals surface area contributed by atoms with E-state index in [2.05, 4.69) is 10.6 Å². The molecule has 0 heterocycles. The highest BCUT2D eigenvalue weighted by atomic mass is 16.4. The molecule has 21 heavy (non-hydrogen) atoms. The fraction of sp³-hybridized carbons (Fsp3) is 0.400. The van der Waals surface area contributed by atoms with E-state index in [4.69, 9.17) is 10.4 Å². The molecule has 1 aromatic rings. The molecule has 0 spiro atoms. The van der Waals surface area contributed by atoms with Gasteiger partial charge in [0.1, 0.15) is 6.04 Å². The Kier molecular flexibility index (Phi) is 6.75. The van der Waals surface area contributed by atoms with Crippen molar-refractivity contribution in [3.8, 4) is 6.07 Å². The van der Waals surface area contributed by atoms with Crippen molar-refractivity contribution < 1.29 is 14.7 Å². The summed E-state index contributed by atoms with van der Waals surface area (Å²) >= 11 is 0. The van der Waals surface area contributed by atoms with Gasteiger partial charge in [0.25, 0.3) is 0 Å². The van der Waals surface area contributed by atoms with E-state index >= 15 is 0 Å². The molecule has 1 aromatic carbocycles. The Bertz CT molecular complexity index is 537. The number of carbonyl (C=O) groups excluding carboxylic acids is 1. The van der Waals surface area contributed by atoms with Crippen molar-refractivity contribution in [2.45, 2.75) is 38.8 Å². The summed E-state index contributed by atoms with van der Waals surface area (Å²) < 4.78 is 0. The lowest BCUT2D eigenvalue weighted by Gasteiger charge is -2.14. The molecule has 1 atom stereocenters. The number of urea groups is 1. The third-order valence-corrected chi connectivity index (χ3v) is 2.96. The molecule has 0 aliphatic heterocycles. The molecular formula is C15H19N3O3. The van der Waals surface area contributed by atoms with Crippen LogP contribution in [0.3, 0.4) is 0 Å². The van der Waals surface area contributed by atoms with Crippen molar-refractivity contribution in [2.24, 2.45) is 0 Å². The summed E-state index contributed by atoms with van der Waals surface area (Å²) in [5.74, 6) is -1.04. The zero-order valence-electron chi connectivity index (χ0n) is 11.9. The fourth-order valence-corrected chi connectivity index (χ4v) is 1.81. The van der Waals surface area contributed by atoms with Gasteiger partial charge in [0.05, 0.1) is 11.6 Å². The predicted octanol–water partition coefficient (Wildman–Crippen LogP) is 2.00. The Morgan fingerprint density at radius 1 is 1.43 bits per heavy atom. The minimum Gasteiger partial charge on any atom is -0.480 e. The molecule has 1 unspecified atom stereocenters. The van der Waals surface area contributed by atoms with Gasteiger partial charge in [-0.15, -0.1) is 0 Å². The van der Waals surface area contributed by atoms with Crippen LogP contribution in [-0.4, -0.2) is 23.1 Å². The van der Waals surface area contributed by atoms with Crippen molar-refractivity contribution in [3.05, 3.63) is 35.4 Å². The van der Waals surface area contributed by atoms with Crippen LogP contribution in [0.15, 0.2) is 24.3 Å². The molecule has 112 valence electrons. The molecule has 0 aliphatic carbocycles. The second kappa shape index (κ2) is 8.59. The van der Waals surface area contributed by atoms with Crippen LogP contribution in [0.2, 0.25) is 0 Å². The van der Waals surface area contributed by atoms with Gasteiger partial charge in [0.15, 0.2) is 0 Å². The van der Waals surface area contributed by atoms with E-state index in [0.717, 1.165) is 18.4 Å². The summed E-state index contributed by atoms with van der Waals surface area (Å²) in [6, 6.07) is 7.48. The second-order valence-electron chi connectivity index (χ2n) is 4.67. The highest BCUT2D eigenvalue weighted by Crippen LogP contribution is 2.04. The van der Waals surface area contributed by atoms with Crippen molar-refractivity contribution >= 4 is 12.0 Å². The number of aliphatic carboxylic acids is 1. The minimum absolute atomic E-state index is 0.238. The Labute approximate surface area is 123 Å². The Morgan fingerprint density at radius 3 is 2.81 bits per heavy atom. The van der Waals surface area contributed by atoms with Gasteiger partial charge in [-0.3, -0.25) is 0 Å². The lowest BCUT2D eigenvalue weighted by molar-refractivity contribution is -0.139. The molecule has 0 bridgehead atoms. The van der Waals surface area contributed by atoms with Gasteiger partial charge in [-0.25, -0.2) is 9.59 Å². The second-order valence-corrected chi connectivity index (χ2v) is 4.67. The smallest absolute Gasteiger partial charge is 0.326 e. The number of carboxylic acid groups (broad SMARTS) is 1. The number of hydrogen-bond acceptors (Lipinski definition) is 3. The Morgan fingerprint density at radius 2 is 2.19 bits per heavy atom. The molecule has 1 rings (SSSR count). The summed E-state index contributed by atoms with van der Waals surface area (Å²) in [4.78, 5) is 22.7. The maximum absolute atomic E-state index is 11.7. The summed E-state index contributed by atoms with van der Waals surface area (Å²) in [6.45, 7) is 2.20. The molecule has 3 N–H and O–H groups in total. The van der Waals surface area contributed by atoms with Crippen molar-refractivity contribution in [1.29, 1.82) is 5.26 Å². The van der Waals surface area contributed by atoms with Crippen LogP contribution in [0.25, 0.3) is 0 Å². The first-order chi connectivity index (χ1) is 10.1. The monoisotopic (exact) mass is 289 g/mol. The number of carbonyl (C=O) groups is 2. The normalized spacial score (nSPS) is 11.2.